The quantitative estimate of drug-likeness (QED) is 0.259. The Hall–Kier alpha value is -3.50. The Kier molecular flexibility index (Phi) is 9.00. The maximum absolute atomic E-state index is 14.5. The topological polar surface area (TPSA) is 84.2 Å². The third-order valence-electron chi connectivity index (χ3n) is 11.7. The average molecular weight is 645 g/mol. The van der Waals surface area contributed by atoms with Crippen molar-refractivity contribution in [2.75, 3.05) is 51.8 Å². The molecule has 3 unspecified atom stereocenters. The number of aromatic nitrogens is 2. The minimum atomic E-state index is -0.341. The summed E-state index contributed by atoms with van der Waals surface area (Å²) in [5, 5.41) is 4.21. The number of fused-ring (bicyclic) bond motifs is 3. The lowest BCUT2D eigenvalue weighted by atomic mass is 9.45. The van der Waals surface area contributed by atoms with E-state index >= 15 is 0 Å². The molecule has 0 amide bonds. The van der Waals surface area contributed by atoms with Crippen LogP contribution in [0.4, 0.5) is 10.1 Å². The molecule has 252 valence electrons. The number of rotatable bonds is 8. The number of aryl methyl sites for hydroxylation is 2. The summed E-state index contributed by atoms with van der Waals surface area (Å²) >= 11 is 0. The standard InChI is InChI=1S/C37H49FN6O3/c1-24-31-18-26(37(31,2)3)19-33(24)41-36(43-15-13-42(14-16-43)22-29-6-5-17-47-29)40-27-8-10-30-34(20-27)39-23-44(35(30)45)12-11-25-7-9-28(46-4)21-32(25)38/h7-10,20-21,23-24,26,29,31,33H,5-6,11-19,22H2,1-4H3,(H,40,41)/t24-,26?,29?,31+,33?/m0/s1. The van der Waals surface area contributed by atoms with Gasteiger partial charge in [-0.25, -0.2) is 14.4 Å². The molecule has 5 aliphatic rings. The van der Waals surface area contributed by atoms with E-state index in [-0.39, 0.29) is 11.4 Å². The molecule has 3 aliphatic carbocycles. The molecule has 3 saturated carbocycles. The summed E-state index contributed by atoms with van der Waals surface area (Å²) in [6, 6.07) is 10.8. The molecular weight excluding hydrogens is 595 g/mol. The van der Waals surface area contributed by atoms with Crippen LogP contribution in [0.1, 0.15) is 52.0 Å². The van der Waals surface area contributed by atoms with Crippen molar-refractivity contribution >= 4 is 22.5 Å². The van der Waals surface area contributed by atoms with Crippen molar-refractivity contribution < 1.29 is 13.9 Å². The zero-order chi connectivity index (χ0) is 32.7. The fourth-order valence-electron chi connectivity index (χ4n) is 8.48. The number of halogens is 1. The number of hydrogen-bond acceptors (Lipinski definition) is 6. The fourth-order valence-corrected chi connectivity index (χ4v) is 8.48. The Morgan fingerprint density at radius 1 is 1.15 bits per heavy atom. The first-order chi connectivity index (χ1) is 22.7. The molecule has 2 aliphatic heterocycles. The zero-order valence-electron chi connectivity index (χ0n) is 28.3. The molecule has 0 spiro atoms. The van der Waals surface area contributed by atoms with E-state index in [2.05, 4.69) is 40.9 Å². The highest BCUT2D eigenvalue weighted by atomic mass is 19.1. The largest absolute Gasteiger partial charge is 0.497 e. The van der Waals surface area contributed by atoms with Gasteiger partial charge in [0.15, 0.2) is 5.96 Å². The van der Waals surface area contributed by atoms with Crippen LogP contribution in [-0.4, -0.2) is 83.9 Å². The van der Waals surface area contributed by atoms with Crippen molar-refractivity contribution in [3.8, 4) is 5.75 Å². The van der Waals surface area contributed by atoms with Gasteiger partial charge in [0.05, 0.1) is 36.5 Å². The van der Waals surface area contributed by atoms with Gasteiger partial charge >= 0.3 is 0 Å². The van der Waals surface area contributed by atoms with Crippen LogP contribution in [0.2, 0.25) is 0 Å². The number of ether oxygens (including phenoxy) is 2. The van der Waals surface area contributed by atoms with E-state index in [4.69, 9.17) is 14.5 Å². The Morgan fingerprint density at radius 2 is 1.98 bits per heavy atom. The van der Waals surface area contributed by atoms with E-state index in [1.165, 1.54) is 26.0 Å². The highest BCUT2D eigenvalue weighted by Gasteiger charge is 2.56. The highest BCUT2D eigenvalue weighted by molar-refractivity contribution is 5.96. The van der Waals surface area contributed by atoms with Gasteiger partial charge in [-0.15, -0.1) is 0 Å². The molecular formula is C37H49FN6O3. The second kappa shape index (κ2) is 13.2. The molecule has 5 fully saturated rings. The number of nitrogens with zero attached hydrogens (tertiary/aromatic N) is 5. The minimum Gasteiger partial charge on any atom is -0.497 e. The van der Waals surface area contributed by atoms with Crippen LogP contribution in [0.3, 0.4) is 0 Å². The van der Waals surface area contributed by atoms with E-state index < -0.39 is 0 Å². The van der Waals surface area contributed by atoms with Crippen molar-refractivity contribution in [3.05, 3.63) is 64.5 Å². The van der Waals surface area contributed by atoms with Gasteiger partial charge in [0.2, 0.25) is 0 Å². The van der Waals surface area contributed by atoms with E-state index in [9.17, 15) is 9.18 Å². The third kappa shape index (κ3) is 6.51. The van der Waals surface area contributed by atoms with E-state index in [0.29, 0.717) is 64.6 Å². The highest BCUT2D eigenvalue weighted by Crippen LogP contribution is 2.61. The number of methoxy groups -OCH3 is 1. The summed E-state index contributed by atoms with van der Waals surface area (Å²) in [7, 11) is 1.51. The number of piperazine rings is 1. The molecule has 3 heterocycles. The lowest BCUT2D eigenvalue weighted by molar-refractivity contribution is -0.108. The van der Waals surface area contributed by atoms with Crippen LogP contribution in [0.25, 0.3) is 10.9 Å². The molecule has 9 nitrogen and oxygen atoms in total. The van der Waals surface area contributed by atoms with Crippen LogP contribution < -0.4 is 15.6 Å². The van der Waals surface area contributed by atoms with Crippen molar-refractivity contribution in [1.82, 2.24) is 19.4 Å². The van der Waals surface area contributed by atoms with Gasteiger partial charge < -0.3 is 19.7 Å². The van der Waals surface area contributed by atoms with Crippen molar-refractivity contribution in [2.45, 2.75) is 71.6 Å². The lowest BCUT2D eigenvalue weighted by Gasteiger charge is -2.61. The summed E-state index contributed by atoms with van der Waals surface area (Å²) in [6.07, 6.45) is 7.10. The van der Waals surface area contributed by atoms with Gasteiger partial charge in [-0.05, 0) is 85.1 Å². The normalized spacial score (nSPS) is 27.6. The number of benzene rings is 2. The predicted octanol–water partition coefficient (Wildman–Crippen LogP) is 5.42. The second-order valence-corrected chi connectivity index (χ2v) is 14.7. The summed E-state index contributed by atoms with van der Waals surface area (Å²) in [5.74, 6) is 3.04. The molecule has 3 aromatic rings. The number of anilines is 1. The molecule has 2 aromatic carbocycles. The Bertz CT molecular complexity index is 1680. The SMILES string of the molecule is COc1ccc(CCn2cnc3cc(NC(=NC4CC5C[C@H]([C@@H]4C)C5(C)C)N4CCN(CC5CCCO5)CC4)ccc3c2=O)c(F)c1. The molecule has 10 heteroatoms. The predicted molar refractivity (Wildman–Crippen MR) is 184 cm³/mol. The van der Waals surface area contributed by atoms with Crippen LogP contribution in [0, 0.1) is 29.0 Å². The third-order valence-corrected chi connectivity index (χ3v) is 11.7. The molecule has 47 heavy (non-hydrogen) atoms. The summed E-state index contributed by atoms with van der Waals surface area (Å²) in [4.78, 5) is 28.4. The van der Waals surface area contributed by atoms with Gasteiger partial charge in [-0.1, -0.05) is 26.8 Å². The Balaban J connectivity index is 1.08. The Morgan fingerprint density at radius 3 is 2.68 bits per heavy atom. The summed E-state index contributed by atoms with van der Waals surface area (Å²) in [5.41, 5.74) is 2.31. The van der Waals surface area contributed by atoms with Gasteiger partial charge in [-0.3, -0.25) is 14.3 Å². The van der Waals surface area contributed by atoms with Crippen molar-refractivity contribution in [2.24, 2.45) is 28.2 Å². The fraction of sp³-hybridized carbons (Fsp3) is 0.595. The first-order valence-corrected chi connectivity index (χ1v) is 17.4. The molecule has 2 bridgehead atoms. The second-order valence-electron chi connectivity index (χ2n) is 14.7. The number of guanidine groups is 1. The number of hydrogen-bond donors (Lipinski definition) is 1. The molecule has 1 N–H and O–H groups in total. The minimum absolute atomic E-state index is 0.135. The van der Waals surface area contributed by atoms with E-state index in [1.54, 1.807) is 23.0 Å². The monoisotopic (exact) mass is 644 g/mol. The molecule has 2 saturated heterocycles. The zero-order valence-corrected chi connectivity index (χ0v) is 28.3. The maximum atomic E-state index is 14.5. The Labute approximate surface area is 277 Å². The van der Waals surface area contributed by atoms with Gasteiger partial charge in [0.25, 0.3) is 5.56 Å². The first-order valence-electron chi connectivity index (χ1n) is 17.4. The van der Waals surface area contributed by atoms with Gasteiger partial charge in [0.1, 0.15) is 11.6 Å². The van der Waals surface area contributed by atoms with Crippen molar-refractivity contribution in [1.29, 1.82) is 0 Å². The summed E-state index contributed by atoms with van der Waals surface area (Å²) in [6.45, 7) is 13.3. The number of aliphatic imine (C=N–C) groups is 1. The molecule has 8 rings (SSSR count). The average Bonchev–Trinajstić information content (AvgIpc) is 3.58. The molecule has 1 aromatic heterocycles. The van der Waals surface area contributed by atoms with Crippen LogP contribution in [0.15, 0.2) is 52.5 Å². The van der Waals surface area contributed by atoms with Crippen LogP contribution in [-0.2, 0) is 17.7 Å². The van der Waals surface area contributed by atoms with E-state index in [0.717, 1.165) is 69.7 Å². The first kappa shape index (κ1) is 32.1. The van der Waals surface area contributed by atoms with Gasteiger partial charge in [-0.2, -0.15) is 0 Å². The molecule has 5 atom stereocenters. The van der Waals surface area contributed by atoms with Crippen LogP contribution in [0.5, 0.6) is 5.75 Å². The summed E-state index contributed by atoms with van der Waals surface area (Å²) < 4.78 is 27.1. The van der Waals surface area contributed by atoms with Crippen molar-refractivity contribution in [3.63, 3.8) is 0 Å². The smallest absolute Gasteiger partial charge is 0.261 e. The number of nitrogens with one attached hydrogen (secondary N) is 1. The van der Waals surface area contributed by atoms with Gasteiger partial charge in [0, 0.05) is 57.6 Å². The van der Waals surface area contributed by atoms with Crippen LogP contribution >= 0.6 is 0 Å². The lowest BCUT2D eigenvalue weighted by Crippen LogP contribution is -2.57. The van der Waals surface area contributed by atoms with E-state index in [1.807, 2.05) is 18.2 Å². The molecule has 0 radical (unpaired) electrons. The maximum Gasteiger partial charge on any atom is 0.261 e.